The van der Waals surface area contributed by atoms with Crippen LogP contribution in [0.5, 0.6) is 0 Å². The van der Waals surface area contributed by atoms with E-state index in [4.69, 9.17) is 0 Å². The molecule has 1 aliphatic carbocycles. The van der Waals surface area contributed by atoms with Crippen LogP contribution in [-0.4, -0.2) is 11.2 Å². The van der Waals surface area contributed by atoms with Crippen LogP contribution in [0.3, 0.4) is 0 Å². The third-order valence-electron chi connectivity index (χ3n) is 3.21. The summed E-state index contributed by atoms with van der Waals surface area (Å²) in [6.45, 7) is 6.50. The maximum absolute atomic E-state index is 9.47. The SMILES string of the molecule is CC(O)Cc1cccc2c1CC(C)(C)C2. The van der Waals surface area contributed by atoms with Gasteiger partial charge in [0.2, 0.25) is 0 Å². The van der Waals surface area contributed by atoms with Gasteiger partial charge in [-0.1, -0.05) is 32.0 Å². The number of rotatable bonds is 2. The standard InChI is InChI=1S/C14H20O/c1-10(15)7-11-5-4-6-12-8-14(2,3)9-13(11)12/h4-6,10,15H,7-9H2,1-3H3. The van der Waals surface area contributed by atoms with E-state index in [1.165, 1.54) is 23.1 Å². The van der Waals surface area contributed by atoms with Crippen LogP contribution >= 0.6 is 0 Å². The van der Waals surface area contributed by atoms with Gasteiger partial charge in [0, 0.05) is 0 Å². The van der Waals surface area contributed by atoms with Crippen molar-refractivity contribution in [3.8, 4) is 0 Å². The zero-order valence-electron chi connectivity index (χ0n) is 9.88. The Bertz CT molecular complexity index is 364. The quantitative estimate of drug-likeness (QED) is 0.785. The number of aliphatic hydroxyl groups excluding tert-OH is 1. The third-order valence-corrected chi connectivity index (χ3v) is 3.21. The highest BCUT2D eigenvalue weighted by atomic mass is 16.3. The van der Waals surface area contributed by atoms with E-state index >= 15 is 0 Å². The molecule has 1 aromatic carbocycles. The lowest BCUT2D eigenvalue weighted by atomic mass is 9.89. The number of hydrogen-bond donors (Lipinski definition) is 1. The third kappa shape index (κ3) is 2.23. The van der Waals surface area contributed by atoms with Crippen LogP contribution in [0.4, 0.5) is 0 Å². The van der Waals surface area contributed by atoms with Crippen molar-refractivity contribution in [1.82, 2.24) is 0 Å². The molecule has 0 aliphatic heterocycles. The number of aliphatic hydroxyl groups is 1. The Morgan fingerprint density at radius 3 is 2.73 bits per heavy atom. The highest BCUT2D eigenvalue weighted by molar-refractivity contribution is 5.40. The lowest BCUT2D eigenvalue weighted by Crippen LogP contribution is -2.11. The van der Waals surface area contributed by atoms with Crippen molar-refractivity contribution >= 4 is 0 Å². The molecule has 1 unspecified atom stereocenters. The van der Waals surface area contributed by atoms with Gasteiger partial charge in [0.15, 0.2) is 0 Å². The first-order chi connectivity index (χ1) is 6.98. The molecule has 0 saturated carbocycles. The molecule has 1 nitrogen and oxygen atoms in total. The van der Waals surface area contributed by atoms with Crippen molar-refractivity contribution in [3.63, 3.8) is 0 Å². The molecule has 0 spiro atoms. The molecule has 1 atom stereocenters. The number of benzene rings is 1. The minimum atomic E-state index is -0.236. The lowest BCUT2D eigenvalue weighted by molar-refractivity contribution is 0.195. The fraction of sp³-hybridized carbons (Fsp3) is 0.571. The number of fused-ring (bicyclic) bond motifs is 1. The molecule has 0 amide bonds. The summed E-state index contributed by atoms with van der Waals surface area (Å²) in [5.41, 5.74) is 4.71. The van der Waals surface area contributed by atoms with Gasteiger partial charge in [0.05, 0.1) is 6.10 Å². The summed E-state index contributed by atoms with van der Waals surface area (Å²) in [4.78, 5) is 0. The van der Waals surface area contributed by atoms with E-state index in [-0.39, 0.29) is 6.10 Å². The highest BCUT2D eigenvalue weighted by Crippen LogP contribution is 2.37. The van der Waals surface area contributed by atoms with E-state index in [9.17, 15) is 5.11 Å². The molecule has 0 radical (unpaired) electrons. The molecule has 0 fully saturated rings. The van der Waals surface area contributed by atoms with Gasteiger partial charge < -0.3 is 5.11 Å². The molecule has 1 N–H and O–H groups in total. The molecular weight excluding hydrogens is 184 g/mol. The fourth-order valence-corrected chi connectivity index (χ4v) is 2.65. The summed E-state index contributed by atoms with van der Waals surface area (Å²) in [7, 11) is 0. The molecule has 0 saturated heterocycles. The van der Waals surface area contributed by atoms with Gasteiger partial charge in [-0.2, -0.15) is 0 Å². The van der Waals surface area contributed by atoms with Crippen molar-refractivity contribution < 1.29 is 5.11 Å². The van der Waals surface area contributed by atoms with Crippen LogP contribution in [0.25, 0.3) is 0 Å². The van der Waals surface area contributed by atoms with Crippen molar-refractivity contribution in [2.45, 2.75) is 46.1 Å². The van der Waals surface area contributed by atoms with Crippen molar-refractivity contribution in [3.05, 3.63) is 34.9 Å². The Balaban J connectivity index is 2.33. The van der Waals surface area contributed by atoms with Crippen LogP contribution in [0.2, 0.25) is 0 Å². The van der Waals surface area contributed by atoms with E-state index < -0.39 is 0 Å². The number of hydrogen-bond acceptors (Lipinski definition) is 1. The van der Waals surface area contributed by atoms with Crippen molar-refractivity contribution in [2.24, 2.45) is 5.41 Å². The zero-order chi connectivity index (χ0) is 11.1. The average Bonchev–Trinajstić information content (AvgIpc) is 2.39. The predicted octanol–water partition coefficient (Wildman–Crippen LogP) is 2.73. The normalized spacial score (nSPS) is 20.0. The molecule has 82 valence electrons. The van der Waals surface area contributed by atoms with Crippen LogP contribution < -0.4 is 0 Å². The first kappa shape index (κ1) is 10.7. The molecule has 1 aromatic rings. The molecule has 15 heavy (non-hydrogen) atoms. The summed E-state index contributed by atoms with van der Waals surface area (Å²) in [5.74, 6) is 0. The van der Waals surface area contributed by atoms with Gasteiger partial charge in [-0.15, -0.1) is 0 Å². The summed E-state index contributed by atoms with van der Waals surface area (Å²) in [6, 6.07) is 6.51. The Hall–Kier alpha value is -0.820. The summed E-state index contributed by atoms with van der Waals surface area (Å²) in [6.07, 6.45) is 2.89. The Morgan fingerprint density at radius 2 is 2.07 bits per heavy atom. The molecule has 0 heterocycles. The topological polar surface area (TPSA) is 20.2 Å². The second-order valence-corrected chi connectivity index (χ2v) is 5.63. The molecular formula is C14H20O. The Labute approximate surface area is 92.1 Å². The zero-order valence-corrected chi connectivity index (χ0v) is 9.88. The predicted molar refractivity (Wildman–Crippen MR) is 63.0 cm³/mol. The van der Waals surface area contributed by atoms with Crippen LogP contribution in [0, 0.1) is 5.41 Å². The van der Waals surface area contributed by atoms with Crippen molar-refractivity contribution in [1.29, 1.82) is 0 Å². The maximum atomic E-state index is 9.47. The van der Waals surface area contributed by atoms with E-state index in [2.05, 4.69) is 32.0 Å². The molecule has 2 rings (SSSR count). The van der Waals surface area contributed by atoms with Crippen LogP contribution in [-0.2, 0) is 19.3 Å². The van der Waals surface area contributed by atoms with Gasteiger partial charge in [-0.3, -0.25) is 0 Å². The Morgan fingerprint density at radius 1 is 1.33 bits per heavy atom. The van der Waals surface area contributed by atoms with E-state index in [0.717, 1.165) is 12.8 Å². The minimum absolute atomic E-state index is 0.236. The Kier molecular flexibility index (Phi) is 2.59. The second kappa shape index (κ2) is 3.64. The first-order valence-electron chi connectivity index (χ1n) is 5.76. The van der Waals surface area contributed by atoms with E-state index in [0.29, 0.717) is 5.41 Å². The molecule has 0 bridgehead atoms. The van der Waals surface area contributed by atoms with Crippen molar-refractivity contribution in [2.75, 3.05) is 0 Å². The molecule has 1 aliphatic rings. The monoisotopic (exact) mass is 204 g/mol. The molecule has 0 aromatic heterocycles. The average molecular weight is 204 g/mol. The van der Waals surface area contributed by atoms with E-state index in [1.807, 2.05) is 6.92 Å². The molecule has 1 heteroatoms. The summed E-state index contributed by atoms with van der Waals surface area (Å²) in [5, 5.41) is 9.47. The van der Waals surface area contributed by atoms with Crippen LogP contribution in [0.15, 0.2) is 18.2 Å². The minimum Gasteiger partial charge on any atom is -0.393 e. The first-order valence-corrected chi connectivity index (χ1v) is 5.76. The van der Waals surface area contributed by atoms with Gasteiger partial charge in [0.1, 0.15) is 0 Å². The summed E-state index contributed by atoms with van der Waals surface area (Å²) >= 11 is 0. The maximum Gasteiger partial charge on any atom is 0.0552 e. The van der Waals surface area contributed by atoms with Crippen LogP contribution in [0.1, 0.15) is 37.5 Å². The summed E-state index contributed by atoms with van der Waals surface area (Å²) < 4.78 is 0. The smallest absolute Gasteiger partial charge is 0.0552 e. The fourth-order valence-electron chi connectivity index (χ4n) is 2.65. The van der Waals surface area contributed by atoms with E-state index in [1.54, 1.807) is 0 Å². The van der Waals surface area contributed by atoms with Gasteiger partial charge in [-0.05, 0) is 48.3 Å². The largest absolute Gasteiger partial charge is 0.393 e. The highest BCUT2D eigenvalue weighted by Gasteiger charge is 2.29. The lowest BCUT2D eigenvalue weighted by Gasteiger charge is -2.15. The van der Waals surface area contributed by atoms with Gasteiger partial charge in [-0.25, -0.2) is 0 Å². The second-order valence-electron chi connectivity index (χ2n) is 5.63. The van der Waals surface area contributed by atoms with Gasteiger partial charge >= 0.3 is 0 Å². The van der Waals surface area contributed by atoms with Gasteiger partial charge in [0.25, 0.3) is 0 Å².